The molecule has 0 N–H and O–H groups in total. The molecule has 0 amide bonds. The summed E-state index contributed by atoms with van der Waals surface area (Å²) in [6.07, 6.45) is 3.07. The Morgan fingerprint density at radius 3 is 2.50 bits per heavy atom. The van der Waals surface area contributed by atoms with Crippen molar-refractivity contribution in [3.8, 4) is 0 Å². The highest BCUT2D eigenvalue weighted by atomic mass is 35.5. The van der Waals surface area contributed by atoms with E-state index in [0.29, 0.717) is 0 Å². The van der Waals surface area contributed by atoms with Crippen LogP contribution in [0.2, 0.25) is 0 Å². The van der Waals surface area contributed by atoms with Crippen molar-refractivity contribution in [3.63, 3.8) is 0 Å². The molecule has 0 aliphatic rings. The standard InChI is InChI=1S/C11H19ClN2/c1-8(12)6-11(3,4)10-7-14(5)13-9(10)2/h7-8H,6H2,1-5H3. The van der Waals surface area contributed by atoms with Crippen LogP contribution >= 0.6 is 11.6 Å². The van der Waals surface area contributed by atoms with Gasteiger partial charge in [0.05, 0.1) is 5.69 Å². The van der Waals surface area contributed by atoms with E-state index in [4.69, 9.17) is 11.6 Å². The smallest absolute Gasteiger partial charge is 0.0630 e. The van der Waals surface area contributed by atoms with Crippen molar-refractivity contribution in [3.05, 3.63) is 17.5 Å². The highest BCUT2D eigenvalue weighted by Crippen LogP contribution is 2.31. The molecular weight excluding hydrogens is 196 g/mol. The van der Waals surface area contributed by atoms with Gasteiger partial charge in [0.15, 0.2) is 0 Å². The Morgan fingerprint density at radius 1 is 1.57 bits per heavy atom. The first kappa shape index (κ1) is 11.6. The first-order valence-corrected chi connectivity index (χ1v) is 5.41. The van der Waals surface area contributed by atoms with E-state index < -0.39 is 0 Å². The second kappa shape index (κ2) is 3.93. The lowest BCUT2D eigenvalue weighted by atomic mass is 9.81. The second-order valence-electron chi connectivity index (χ2n) is 4.67. The van der Waals surface area contributed by atoms with Gasteiger partial charge in [-0.2, -0.15) is 5.10 Å². The minimum atomic E-state index is 0.111. The summed E-state index contributed by atoms with van der Waals surface area (Å²) in [6, 6.07) is 0. The third-order valence-corrected chi connectivity index (χ3v) is 2.69. The molecule has 3 heteroatoms. The molecule has 1 aromatic heterocycles. The summed E-state index contributed by atoms with van der Waals surface area (Å²) in [7, 11) is 1.96. The fraction of sp³-hybridized carbons (Fsp3) is 0.727. The predicted molar refractivity (Wildman–Crippen MR) is 60.9 cm³/mol. The molecule has 0 bridgehead atoms. The predicted octanol–water partition coefficient (Wildman–Crippen LogP) is 3.02. The molecule has 1 unspecified atom stereocenters. The van der Waals surface area contributed by atoms with E-state index in [1.807, 2.05) is 18.7 Å². The molecule has 0 aromatic carbocycles. The molecular formula is C11H19ClN2. The SMILES string of the molecule is Cc1nn(C)cc1C(C)(C)CC(C)Cl. The summed E-state index contributed by atoms with van der Waals surface area (Å²) in [5.41, 5.74) is 2.52. The summed E-state index contributed by atoms with van der Waals surface area (Å²) in [5, 5.41) is 4.56. The topological polar surface area (TPSA) is 17.8 Å². The molecule has 0 aliphatic heterocycles. The summed E-state index contributed by atoms with van der Waals surface area (Å²) >= 11 is 6.04. The third-order valence-electron chi connectivity index (χ3n) is 2.53. The average Bonchev–Trinajstić information content (AvgIpc) is 2.27. The van der Waals surface area contributed by atoms with Crippen LogP contribution < -0.4 is 0 Å². The highest BCUT2D eigenvalue weighted by Gasteiger charge is 2.26. The minimum absolute atomic E-state index is 0.111. The number of halogens is 1. The molecule has 14 heavy (non-hydrogen) atoms. The van der Waals surface area contributed by atoms with E-state index in [9.17, 15) is 0 Å². The number of rotatable bonds is 3. The molecule has 0 saturated carbocycles. The van der Waals surface area contributed by atoms with Gasteiger partial charge in [-0.3, -0.25) is 4.68 Å². The van der Waals surface area contributed by atoms with Gasteiger partial charge in [0.2, 0.25) is 0 Å². The van der Waals surface area contributed by atoms with Crippen molar-refractivity contribution in [2.75, 3.05) is 0 Å². The van der Waals surface area contributed by atoms with Gasteiger partial charge in [0.1, 0.15) is 0 Å². The van der Waals surface area contributed by atoms with Crippen molar-refractivity contribution in [2.24, 2.45) is 7.05 Å². The van der Waals surface area contributed by atoms with E-state index in [-0.39, 0.29) is 10.8 Å². The van der Waals surface area contributed by atoms with Crippen molar-refractivity contribution >= 4 is 11.6 Å². The van der Waals surface area contributed by atoms with Crippen LogP contribution in [0.25, 0.3) is 0 Å². The largest absolute Gasteiger partial charge is 0.275 e. The molecule has 0 aliphatic carbocycles. The lowest BCUT2D eigenvalue weighted by Crippen LogP contribution is -2.21. The van der Waals surface area contributed by atoms with Crippen molar-refractivity contribution < 1.29 is 0 Å². The zero-order valence-corrected chi connectivity index (χ0v) is 10.4. The minimum Gasteiger partial charge on any atom is -0.275 e. The molecule has 0 radical (unpaired) electrons. The fourth-order valence-electron chi connectivity index (χ4n) is 2.08. The zero-order chi connectivity index (χ0) is 10.9. The molecule has 1 aromatic rings. The Balaban J connectivity index is 2.96. The molecule has 2 nitrogen and oxygen atoms in total. The summed E-state index contributed by atoms with van der Waals surface area (Å²) in [5.74, 6) is 0. The third kappa shape index (κ3) is 2.50. The van der Waals surface area contributed by atoms with Crippen LogP contribution in [0.4, 0.5) is 0 Å². The Kier molecular flexibility index (Phi) is 3.25. The van der Waals surface area contributed by atoms with Crippen molar-refractivity contribution in [1.29, 1.82) is 0 Å². The first-order chi connectivity index (χ1) is 6.33. The van der Waals surface area contributed by atoms with Gasteiger partial charge >= 0.3 is 0 Å². The lowest BCUT2D eigenvalue weighted by Gasteiger charge is -2.25. The monoisotopic (exact) mass is 214 g/mol. The Labute approximate surface area is 91.3 Å². The zero-order valence-electron chi connectivity index (χ0n) is 9.63. The Bertz CT molecular complexity index is 313. The first-order valence-electron chi connectivity index (χ1n) is 4.98. The number of hydrogen-bond acceptors (Lipinski definition) is 1. The van der Waals surface area contributed by atoms with Crippen LogP contribution in [0.1, 0.15) is 38.4 Å². The van der Waals surface area contributed by atoms with Gasteiger partial charge in [0, 0.05) is 18.6 Å². The van der Waals surface area contributed by atoms with Crippen LogP contribution in [-0.4, -0.2) is 15.2 Å². The Morgan fingerprint density at radius 2 is 2.14 bits per heavy atom. The molecule has 0 spiro atoms. The molecule has 1 rings (SSSR count). The second-order valence-corrected chi connectivity index (χ2v) is 5.42. The summed E-state index contributed by atoms with van der Waals surface area (Å²) in [6.45, 7) is 8.52. The van der Waals surface area contributed by atoms with Crippen molar-refractivity contribution in [2.45, 2.75) is 44.9 Å². The van der Waals surface area contributed by atoms with Gasteiger partial charge in [-0.15, -0.1) is 11.6 Å². The Hall–Kier alpha value is -0.500. The summed E-state index contributed by atoms with van der Waals surface area (Å²) < 4.78 is 1.87. The van der Waals surface area contributed by atoms with Gasteiger partial charge in [-0.25, -0.2) is 0 Å². The van der Waals surface area contributed by atoms with Gasteiger partial charge < -0.3 is 0 Å². The lowest BCUT2D eigenvalue weighted by molar-refractivity contribution is 0.474. The number of aromatic nitrogens is 2. The van der Waals surface area contributed by atoms with Gasteiger partial charge in [-0.1, -0.05) is 13.8 Å². The van der Waals surface area contributed by atoms with Crippen molar-refractivity contribution in [1.82, 2.24) is 9.78 Å². The van der Waals surface area contributed by atoms with E-state index in [1.165, 1.54) is 5.56 Å². The maximum absolute atomic E-state index is 6.04. The fourth-order valence-corrected chi connectivity index (χ4v) is 2.46. The van der Waals surface area contributed by atoms with Crippen LogP contribution in [0, 0.1) is 6.92 Å². The number of alkyl halides is 1. The van der Waals surface area contributed by atoms with E-state index in [1.54, 1.807) is 0 Å². The molecule has 80 valence electrons. The van der Waals surface area contributed by atoms with Crippen LogP contribution in [0.3, 0.4) is 0 Å². The molecule has 0 saturated heterocycles. The summed E-state index contributed by atoms with van der Waals surface area (Å²) in [4.78, 5) is 0. The van der Waals surface area contributed by atoms with Gasteiger partial charge in [0.25, 0.3) is 0 Å². The van der Waals surface area contributed by atoms with Crippen LogP contribution in [0.5, 0.6) is 0 Å². The molecule has 0 fully saturated rings. The number of nitrogens with zero attached hydrogens (tertiary/aromatic N) is 2. The number of aryl methyl sites for hydroxylation is 2. The maximum atomic E-state index is 6.04. The number of hydrogen-bond donors (Lipinski definition) is 0. The molecule has 1 atom stereocenters. The van der Waals surface area contributed by atoms with Gasteiger partial charge in [-0.05, 0) is 31.2 Å². The van der Waals surface area contributed by atoms with E-state index >= 15 is 0 Å². The van der Waals surface area contributed by atoms with Crippen LogP contribution in [-0.2, 0) is 12.5 Å². The van der Waals surface area contributed by atoms with E-state index in [2.05, 4.69) is 32.1 Å². The quantitative estimate of drug-likeness (QED) is 0.708. The van der Waals surface area contributed by atoms with E-state index in [0.717, 1.165) is 12.1 Å². The highest BCUT2D eigenvalue weighted by molar-refractivity contribution is 6.20. The maximum Gasteiger partial charge on any atom is 0.0630 e. The average molecular weight is 215 g/mol. The molecule has 1 heterocycles. The normalized spacial score (nSPS) is 14.4. The van der Waals surface area contributed by atoms with Crippen LogP contribution in [0.15, 0.2) is 6.20 Å².